The molecule has 2 fully saturated rings. The maximum absolute atomic E-state index is 10.8. The van der Waals surface area contributed by atoms with Crippen LogP contribution in [0.4, 0.5) is 11.4 Å². The average molecular weight is 286 g/mol. The second kappa shape index (κ2) is 5.70. The Labute approximate surface area is 123 Å². The van der Waals surface area contributed by atoms with Crippen LogP contribution in [-0.4, -0.2) is 30.1 Å². The van der Waals surface area contributed by atoms with Gasteiger partial charge in [0.05, 0.1) is 16.2 Å². The number of nitrogens with zero attached hydrogens (tertiary/aromatic N) is 3. The molecule has 1 aromatic carbocycles. The number of rotatable bonds is 5. The van der Waals surface area contributed by atoms with Crippen molar-refractivity contribution in [3.63, 3.8) is 0 Å². The van der Waals surface area contributed by atoms with E-state index in [9.17, 15) is 15.4 Å². The number of nitro groups is 1. The lowest BCUT2D eigenvalue weighted by molar-refractivity contribution is -0.384. The van der Waals surface area contributed by atoms with Crippen LogP contribution in [0.15, 0.2) is 18.2 Å². The van der Waals surface area contributed by atoms with Crippen molar-refractivity contribution in [2.45, 2.75) is 37.8 Å². The summed E-state index contributed by atoms with van der Waals surface area (Å²) in [6.45, 7) is 1.92. The van der Waals surface area contributed by atoms with Crippen LogP contribution < -0.4 is 10.2 Å². The molecule has 1 aromatic rings. The molecular formula is C15H18N4O2. The van der Waals surface area contributed by atoms with Gasteiger partial charge >= 0.3 is 0 Å². The van der Waals surface area contributed by atoms with Crippen molar-refractivity contribution in [2.75, 3.05) is 18.0 Å². The molecule has 0 amide bonds. The zero-order chi connectivity index (χ0) is 14.8. The van der Waals surface area contributed by atoms with Crippen LogP contribution in [0.3, 0.4) is 0 Å². The van der Waals surface area contributed by atoms with E-state index >= 15 is 0 Å². The zero-order valence-corrected chi connectivity index (χ0v) is 11.8. The molecule has 1 N–H and O–H groups in total. The quantitative estimate of drug-likeness (QED) is 0.662. The number of nitro benzene ring substituents is 1. The summed E-state index contributed by atoms with van der Waals surface area (Å²) in [5.41, 5.74) is 1.21. The van der Waals surface area contributed by atoms with Gasteiger partial charge in [-0.25, -0.2) is 0 Å². The summed E-state index contributed by atoms with van der Waals surface area (Å²) in [5, 5.41) is 23.6. The van der Waals surface area contributed by atoms with Crippen LogP contribution in [0.25, 0.3) is 0 Å². The van der Waals surface area contributed by atoms with E-state index in [1.165, 1.54) is 18.6 Å². The molecule has 1 atom stereocenters. The number of non-ortho nitro benzene ring substituents is 1. The van der Waals surface area contributed by atoms with Crippen LogP contribution in [0.1, 0.15) is 31.2 Å². The summed E-state index contributed by atoms with van der Waals surface area (Å²) >= 11 is 0. The highest BCUT2D eigenvalue weighted by atomic mass is 16.6. The van der Waals surface area contributed by atoms with Gasteiger partial charge in [0.2, 0.25) is 0 Å². The molecule has 0 aromatic heterocycles. The summed E-state index contributed by atoms with van der Waals surface area (Å²) in [6.07, 6.45) is 4.61. The lowest BCUT2D eigenvalue weighted by Crippen LogP contribution is -2.39. The number of anilines is 1. The SMILES string of the molecule is N#Cc1cc([N+](=O)[O-])ccc1N(CC1CCCN1)C1CC1. The van der Waals surface area contributed by atoms with Gasteiger partial charge < -0.3 is 10.2 Å². The smallest absolute Gasteiger partial charge is 0.270 e. The van der Waals surface area contributed by atoms with Crippen LogP contribution >= 0.6 is 0 Å². The fraction of sp³-hybridized carbons (Fsp3) is 0.533. The molecule has 1 aliphatic heterocycles. The lowest BCUT2D eigenvalue weighted by Gasteiger charge is -2.28. The highest BCUT2D eigenvalue weighted by molar-refractivity contribution is 5.64. The van der Waals surface area contributed by atoms with Crippen LogP contribution in [-0.2, 0) is 0 Å². The Bertz CT molecular complexity index is 586. The van der Waals surface area contributed by atoms with Crippen LogP contribution in [0.2, 0.25) is 0 Å². The van der Waals surface area contributed by atoms with Gasteiger partial charge in [0, 0.05) is 30.8 Å². The topological polar surface area (TPSA) is 82.2 Å². The Morgan fingerprint density at radius 2 is 2.24 bits per heavy atom. The van der Waals surface area contributed by atoms with Crippen molar-refractivity contribution in [3.05, 3.63) is 33.9 Å². The summed E-state index contributed by atoms with van der Waals surface area (Å²) in [5.74, 6) is 0. The summed E-state index contributed by atoms with van der Waals surface area (Å²) < 4.78 is 0. The largest absolute Gasteiger partial charge is 0.366 e. The molecule has 1 saturated carbocycles. The van der Waals surface area contributed by atoms with Gasteiger partial charge in [0.1, 0.15) is 6.07 Å². The fourth-order valence-electron chi connectivity index (χ4n) is 2.96. The molecule has 0 bridgehead atoms. The Hall–Kier alpha value is -2.13. The molecule has 1 saturated heterocycles. The predicted octanol–water partition coefficient (Wildman–Crippen LogP) is 2.19. The van der Waals surface area contributed by atoms with Crippen molar-refractivity contribution < 1.29 is 4.92 Å². The van der Waals surface area contributed by atoms with Gasteiger partial charge in [-0.3, -0.25) is 10.1 Å². The second-order valence-electron chi connectivity index (χ2n) is 5.75. The normalized spacial score (nSPS) is 21.0. The van der Waals surface area contributed by atoms with Crippen molar-refractivity contribution >= 4 is 11.4 Å². The van der Waals surface area contributed by atoms with E-state index in [-0.39, 0.29) is 5.69 Å². The molecule has 3 rings (SSSR count). The molecule has 6 heteroatoms. The summed E-state index contributed by atoms with van der Waals surface area (Å²) in [7, 11) is 0. The number of benzene rings is 1. The van der Waals surface area contributed by atoms with E-state index in [1.807, 2.05) is 0 Å². The molecule has 0 spiro atoms. The fourth-order valence-corrected chi connectivity index (χ4v) is 2.96. The number of nitriles is 1. The lowest BCUT2D eigenvalue weighted by atomic mass is 10.1. The number of nitrogens with one attached hydrogen (secondary N) is 1. The monoisotopic (exact) mass is 286 g/mol. The summed E-state index contributed by atoms with van der Waals surface area (Å²) in [6, 6.07) is 7.64. The predicted molar refractivity (Wildman–Crippen MR) is 79.2 cm³/mol. The molecule has 6 nitrogen and oxygen atoms in total. The first-order valence-corrected chi connectivity index (χ1v) is 7.37. The molecule has 0 radical (unpaired) electrons. The third-order valence-electron chi connectivity index (χ3n) is 4.19. The maximum Gasteiger partial charge on any atom is 0.270 e. The number of hydrogen-bond donors (Lipinski definition) is 1. The van der Waals surface area contributed by atoms with E-state index in [0.29, 0.717) is 17.6 Å². The summed E-state index contributed by atoms with van der Waals surface area (Å²) in [4.78, 5) is 12.6. The Morgan fingerprint density at radius 3 is 2.81 bits per heavy atom. The van der Waals surface area contributed by atoms with Gasteiger partial charge in [-0.05, 0) is 38.3 Å². The molecule has 110 valence electrons. The molecule has 1 unspecified atom stereocenters. The standard InChI is InChI=1S/C15H18N4O2/c16-9-11-8-14(19(20)21)5-6-15(11)18(13-3-4-13)10-12-2-1-7-17-12/h5-6,8,12-13,17H,1-4,7,10H2. The van der Waals surface area contributed by atoms with E-state index in [1.54, 1.807) is 6.07 Å². The van der Waals surface area contributed by atoms with Crippen molar-refractivity contribution in [1.82, 2.24) is 5.32 Å². The maximum atomic E-state index is 10.8. The Morgan fingerprint density at radius 1 is 1.43 bits per heavy atom. The minimum atomic E-state index is -0.454. The van der Waals surface area contributed by atoms with Gasteiger partial charge in [0.15, 0.2) is 0 Å². The average Bonchev–Trinajstić information content (AvgIpc) is 3.21. The first-order chi connectivity index (χ1) is 10.2. The Balaban J connectivity index is 1.88. The third-order valence-corrected chi connectivity index (χ3v) is 4.19. The minimum absolute atomic E-state index is 0.0231. The van der Waals surface area contributed by atoms with Crippen molar-refractivity contribution in [2.24, 2.45) is 0 Å². The molecule has 2 aliphatic rings. The molecular weight excluding hydrogens is 268 g/mol. The van der Waals surface area contributed by atoms with E-state index < -0.39 is 4.92 Å². The first kappa shape index (κ1) is 13.8. The van der Waals surface area contributed by atoms with Crippen molar-refractivity contribution in [3.8, 4) is 6.07 Å². The molecule has 1 aliphatic carbocycles. The third kappa shape index (κ3) is 2.98. The number of hydrogen-bond acceptors (Lipinski definition) is 5. The van der Waals surface area contributed by atoms with Crippen LogP contribution in [0, 0.1) is 21.4 Å². The second-order valence-corrected chi connectivity index (χ2v) is 5.75. The van der Waals surface area contributed by atoms with E-state index in [2.05, 4.69) is 16.3 Å². The van der Waals surface area contributed by atoms with E-state index in [4.69, 9.17) is 0 Å². The first-order valence-electron chi connectivity index (χ1n) is 7.37. The van der Waals surface area contributed by atoms with Gasteiger partial charge in [0.25, 0.3) is 5.69 Å². The highest BCUT2D eigenvalue weighted by Gasteiger charge is 2.33. The zero-order valence-electron chi connectivity index (χ0n) is 11.8. The van der Waals surface area contributed by atoms with Gasteiger partial charge in [-0.15, -0.1) is 0 Å². The molecule has 1 heterocycles. The highest BCUT2D eigenvalue weighted by Crippen LogP contribution is 2.35. The van der Waals surface area contributed by atoms with Gasteiger partial charge in [-0.1, -0.05) is 0 Å². The molecule has 21 heavy (non-hydrogen) atoms. The van der Waals surface area contributed by atoms with Gasteiger partial charge in [-0.2, -0.15) is 5.26 Å². The minimum Gasteiger partial charge on any atom is -0.366 e. The van der Waals surface area contributed by atoms with Crippen LogP contribution in [0.5, 0.6) is 0 Å². The van der Waals surface area contributed by atoms with E-state index in [0.717, 1.165) is 38.0 Å². The van der Waals surface area contributed by atoms with Crippen molar-refractivity contribution in [1.29, 1.82) is 5.26 Å². The Kier molecular flexibility index (Phi) is 3.76.